The van der Waals surface area contributed by atoms with Gasteiger partial charge in [0.1, 0.15) is 28.2 Å². The molecule has 0 bridgehead atoms. The van der Waals surface area contributed by atoms with Gasteiger partial charge in [0.15, 0.2) is 0 Å². The van der Waals surface area contributed by atoms with Crippen molar-refractivity contribution in [1.82, 2.24) is 5.32 Å². The highest BCUT2D eigenvalue weighted by Crippen LogP contribution is 2.24. The highest BCUT2D eigenvalue weighted by molar-refractivity contribution is 5.97. The van der Waals surface area contributed by atoms with Crippen molar-refractivity contribution in [3.63, 3.8) is 0 Å². The molecular weight excluding hydrogens is 398 g/mol. The highest BCUT2D eigenvalue weighted by atomic mass is 16.5. The van der Waals surface area contributed by atoms with Crippen molar-refractivity contribution >= 4 is 22.8 Å². The SMILES string of the molecule is COc1ccccc1C(=O)Oc1ccc2cc(C(=O)NC3CCCCC3)c(=O)oc2c1. The van der Waals surface area contributed by atoms with Crippen LogP contribution in [0.2, 0.25) is 0 Å². The number of amides is 1. The van der Waals surface area contributed by atoms with Crippen LogP contribution in [0.5, 0.6) is 11.5 Å². The fourth-order valence-corrected chi connectivity index (χ4v) is 3.80. The molecule has 1 heterocycles. The minimum absolute atomic E-state index is 0.0307. The Morgan fingerprint density at radius 2 is 1.77 bits per heavy atom. The third-order valence-corrected chi connectivity index (χ3v) is 5.43. The predicted molar refractivity (Wildman–Crippen MR) is 115 cm³/mol. The van der Waals surface area contributed by atoms with Gasteiger partial charge < -0.3 is 19.2 Å². The van der Waals surface area contributed by atoms with E-state index in [-0.39, 0.29) is 28.5 Å². The summed E-state index contributed by atoms with van der Waals surface area (Å²) in [6, 6.07) is 13.0. The summed E-state index contributed by atoms with van der Waals surface area (Å²) >= 11 is 0. The first-order valence-corrected chi connectivity index (χ1v) is 10.3. The maximum Gasteiger partial charge on any atom is 0.349 e. The number of para-hydroxylation sites is 1. The average molecular weight is 421 g/mol. The molecule has 7 heteroatoms. The number of benzene rings is 2. The van der Waals surface area contributed by atoms with E-state index in [2.05, 4.69) is 5.32 Å². The summed E-state index contributed by atoms with van der Waals surface area (Å²) in [4.78, 5) is 37.4. The first-order valence-electron chi connectivity index (χ1n) is 10.3. The summed E-state index contributed by atoms with van der Waals surface area (Å²) in [6.45, 7) is 0. The number of carbonyl (C=O) groups excluding carboxylic acids is 2. The van der Waals surface area contributed by atoms with Crippen molar-refractivity contribution in [2.75, 3.05) is 7.11 Å². The topological polar surface area (TPSA) is 94.8 Å². The molecule has 4 rings (SSSR count). The fourth-order valence-electron chi connectivity index (χ4n) is 3.80. The maximum atomic E-state index is 12.6. The van der Waals surface area contributed by atoms with Crippen LogP contribution in [0.15, 0.2) is 57.7 Å². The maximum absolute atomic E-state index is 12.6. The molecule has 1 fully saturated rings. The first kappa shape index (κ1) is 20.7. The molecule has 160 valence electrons. The Hall–Kier alpha value is -3.61. The Morgan fingerprint density at radius 1 is 1.00 bits per heavy atom. The van der Waals surface area contributed by atoms with Crippen LogP contribution in [-0.4, -0.2) is 25.0 Å². The van der Waals surface area contributed by atoms with E-state index in [9.17, 15) is 14.4 Å². The number of nitrogens with one attached hydrogen (secondary N) is 1. The van der Waals surface area contributed by atoms with E-state index in [1.165, 1.54) is 25.7 Å². The van der Waals surface area contributed by atoms with Gasteiger partial charge in [-0.1, -0.05) is 31.4 Å². The molecule has 0 radical (unpaired) electrons. The van der Waals surface area contributed by atoms with Crippen LogP contribution in [0.25, 0.3) is 11.0 Å². The third kappa shape index (κ3) is 4.60. The number of hydrogen-bond acceptors (Lipinski definition) is 6. The molecule has 0 spiro atoms. The van der Waals surface area contributed by atoms with Crippen molar-refractivity contribution in [2.45, 2.75) is 38.1 Å². The highest BCUT2D eigenvalue weighted by Gasteiger charge is 2.20. The lowest BCUT2D eigenvalue weighted by molar-refractivity contribution is 0.0731. The zero-order valence-corrected chi connectivity index (χ0v) is 17.2. The first-order chi connectivity index (χ1) is 15.0. The molecular formula is C24H23NO6. The Bertz CT molecular complexity index is 1180. The van der Waals surface area contributed by atoms with Gasteiger partial charge in [-0.2, -0.15) is 0 Å². The average Bonchev–Trinajstić information content (AvgIpc) is 2.79. The van der Waals surface area contributed by atoms with Crippen LogP contribution in [0, 0.1) is 0 Å². The number of fused-ring (bicyclic) bond motifs is 1. The number of ether oxygens (including phenoxy) is 2. The second kappa shape index (κ2) is 9.04. The van der Waals surface area contributed by atoms with Crippen LogP contribution in [-0.2, 0) is 0 Å². The molecule has 1 amide bonds. The molecule has 0 unspecified atom stereocenters. The van der Waals surface area contributed by atoms with Gasteiger partial charge in [-0.15, -0.1) is 0 Å². The number of carbonyl (C=O) groups is 2. The smallest absolute Gasteiger partial charge is 0.349 e. The van der Waals surface area contributed by atoms with E-state index in [4.69, 9.17) is 13.9 Å². The third-order valence-electron chi connectivity index (χ3n) is 5.43. The molecule has 0 aliphatic heterocycles. The van der Waals surface area contributed by atoms with Gasteiger partial charge in [-0.05, 0) is 43.2 Å². The van der Waals surface area contributed by atoms with E-state index in [0.717, 1.165) is 25.7 Å². The summed E-state index contributed by atoms with van der Waals surface area (Å²) in [5, 5.41) is 3.49. The van der Waals surface area contributed by atoms with Crippen molar-refractivity contribution in [3.8, 4) is 11.5 Å². The lowest BCUT2D eigenvalue weighted by Gasteiger charge is -2.22. The number of esters is 1. The largest absolute Gasteiger partial charge is 0.496 e. The van der Waals surface area contributed by atoms with E-state index in [1.807, 2.05) is 0 Å². The normalized spacial score (nSPS) is 14.2. The Kier molecular flexibility index (Phi) is 6.02. The standard InChI is InChI=1S/C24H23NO6/c1-29-20-10-6-5-9-18(20)23(27)30-17-12-11-15-13-19(24(28)31-21(15)14-17)22(26)25-16-7-3-2-4-8-16/h5-6,9-14,16H,2-4,7-8H2,1H3,(H,25,26). The van der Waals surface area contributed by atoms with Crippen molar-refractivity contribution in [3.05, 3.63) is 70.1 Å². The van der Waals surface area contributed by atoms with Crippen LogP contribution < -0.4 is 20.4 Å². The van der Waals surface area contributed by atoms with Crippen LogP contribution in [0.1, 0.15) is 52.8 Å². The summed E-state index contributed by atoms with van der Waals surface area (Å²) in [5.74, 6) is -0.406. The Balaban J connectivity index is 1.54. The molecule has 2 aromatic carbocycles. The number of methoxy groups -OCH3 is 1. The van der Waals surface area contributed by atoms with Crippen molar-refractivity contribution in [1.29, 1.82) is 0 Å². The van der Waals surface area contributed by atoms with Crippen molar-refractivity contribution in [2.24, 2.45) is 0 Å². The van der Waals surface area contributed by atoms with Gasteiger partial charge in [0.2, 0.25) is 0 Å². The lowest BCUT2D eigenvalue weighted by Crippen LogP contribution is -2.38. The second-order valence-electron chi connectivity index (χ2n) is 7.55. The van der Waals surface area contributed by atoms with Gasteiger partial charge in [-0.25, -0.2) is 9.59 Å². The van der Waals surface area contributed by atoms with E-state index in [1.54, 1.807) is 36.4 Å². The molecule has 31 heavy (non-hydrogen) atoms. The lowest BCUT2D eigenvalue weighted by atomic mass is 9.95. The summed E-state index contributed by atoms with van der Waals surface area (Å²) in [7, 11) is 1.47. The van der Waals surface area contributed by atoms with Gasteiger partial charge in [0.05, 0.1) is 7.11 Å². The van der Waals surface area contributed by atoms with E-state index < -0.39 is 17.5 Å². The van der Waals surface area contributed by atoms with Crippen LogP contribution in [0.4, 0.5) is 0 Å². The fraction of sp³-hybridized carbons (Fsp3) is 0.292. The van der Waals surface area contributed by atoms with E-state index >= 15 is 0 Å². The molecule has 0 saturated heterocycles. The van der Waals surface area contributed by atoms with Gasteiger partial charge in [-0.3, -0.25) is 4.79 Å². The van der Waals surface area contributed by atoms with Crippen molar-refractivity contribution < 1.29 is 23.5 Å². The summed E-state index contributed by atoms with van der Waals surface area (Å²) in [5.41, 5.74) is -0.253. The van der Waals surface area contributed by atoms with Gasteiger partial charge in [0, 0.05) is 17.5 Å². The monoisotopic (exact) mass is 421 g/mol. The zero-order valence-electron chi connectivity index (χ0n) is 17.2. The minimum Gasteiger partial charge on any atom is -0.496 e. The molecule has 0 atom stereocenters. The molecule has 1 aliphatic rings. The summed E-state index contributed by atoms with van der Waals surface area (Å²) < 4.78 is 15.9. The zero-order chi connectivity index (χ0) is 21.8. The Labute approximate surface area is 179 Å². The van der Waals surface area contributed by atoms with E-state index in [0.29, 0.717) is 11.1 Å². The van der Waals surface area contributed by atoms with Gasteiger partial charge in [0.25, 0.3) is 5.91 Å². The molecule has 1 saturated carbocycles. The molecule has 1 aliphatic carbocycles. The molecule has 7 nitrogen and oxygen atoms in total. The van der Waals surface area contributed by atoms with Crippen LogP contribution >= 0.6 is 0 Å². The quantitative estimate of drug-likeness (QED) is 0.379. The number of hydrogen-bond donors (Lipinski definition) is 1. The predicted octanol–water partition coefficient (Wildman–Crippen LogP) is 4.08. The van der Waals surface area contributed by atoms with Crippen LogP contribution in [0.3, 0.4) is 0 Å². The minimum atomic E-state index is -0.728. The Morgan fingerprint density at radius 3 is 2.55 bits per heavy atom. The summed E-state index contributed by atoms with van der Waals surface area (Å²) in [6.07, 6.45) is 5.17. The number of rotatable bonds is 5. The second-order valence-corrected chi connectivity index (χ2v) is 7.55. The molecule has 1 aromatic heterocycles. The van der Waals surface area contributed by atoms with Gasteiger partial charge >= 0.3 is 11.6 Å². The molecule has 3 aromatic rings. The molecule has 1 N–H and O–H groups in total.